The number of thiophene rings is 1. The Kier molecular flexibility index (Phi) is 4.29. The Morgan fingerprint density at radius 2 is 2.11 bits per heavy atom. The molecule has 0 aliphatic heterocycles. The van der Waals surface area contributed by atoms with Gasteiger partial charge in [0.15, 0.2) is 0 Å². The summed E-state index contributed by atoms with van der Waals surface area (Å²) in [6.45, 7) is 5.21. The number of rotatable bonds is 4. The summed E-state index contributed by atoms with van der Waals surface area (Å²) in [5.74, 6) is -0.102. The van der Waals surface area contributed by atoms with Gasteiger partial charge in [-0.25, -0.2) is 19.2 Å². The lowest BCUT2D eigenvalue weighted by Crippen LogP contribution is -1.99. The van der Waals surface area contributed by atoms with Crippen LogP contribution >= 0.6 is 11.3 Å². The highest BCUT2D eigenvalue weighted by atomic mass is 32.1. The molecule has 0 bridgehead atoms. The molecule has 1 N–H and O–H groups in total. The van der Waals surface area contributed by atoms with E-state index in [-0.39, 0.29) is 5.82 Å². The van der Waals surface area contributed by atoms with E-state index in [1.165, 1.54) is 23.5 Å². The van der Waals surface area contributed by atoms with E-state index in [1.54, 1.807) is 31.3 Å². The van der Waals surface area contributed by atoms with Crippen LogP contribution < -0.4 is 5.32 Å². The number of aromatic nitrogens is 2. The number of ether oxygens (including phenoxy) is 1. The number of fused-ring (bicyclic) bond motifs is 3. The van der Waals surface area contributed by atoms with Gasteiger partial charge in [0.2, 0.25) is 5.95 Å². The van der Waals surface area contributed by atoms with Crippen molar-refractivity contribution in [2.24, 2.45) is 0 Å². The van der Waals surface area contributed by atoms with Crippen LogP contribution in [0.1, 0.15) is 16.6 Å². The van der Waals surface area contributed by atoms with Gasteiger partial charge in [-0.2, -0.15) is 0 Å². The first kappa shape index (κ1) is 17.1. The summed E-state index contributed by atoms with van der Waals surface area (Å²) in [6.07, 6.45) is 1.69. The molecule has 2 aromatic heterocycles. The molecule has 4 aromatic rings. The highest BCUT2D eigenvalue weighted by Gasteiger charge is 2.15. The van der Waals surface area contributed by atoms with Crippen molar-refractivity contribution in [2.75, 3.05) is 5.32 Å². The fraction of sp³-hybridized carbons (Fsp3) is 0.0500. The quantitative estimate of drug-likeness (QED) is 0.379. The van der Waals surface area contributed by atoms with Crippen LogP contribution in [0.3, 0.4) is 0 Å². The maximum atomic E-state index is 13.4. The molecule has 0 fully saturated rings. The molecule has 0 aliphatic carbocycles. The van der Waals surface area contributed by atoms with Gasteiger partial charge < -0.3 is 10.1 Å². The van der Waals surface area contributed by atoms with Crippen molar-refractivity contribution in [2.45, 2.75) is 6.92 Å². The Labute approximate surface area is 158 Å². The van der Waals surface area contributed by atoms with Crippen molar-refractivity contribution in [3.63, 3.8) is 0 Å². The van der Waals surface area contributed by atoms with Crippen molar-refractivity contribution in [3.8, 4) is 0 Å². The predicted octanol–water partition coefficient (Wildman–Crippen LogP) is 5.42. The van der Waals surface area contributed by atoms with E-state index in [0.29, 0.717) is 27.8 Å². The van der Waals surface area contributed by atoms with Crippen LogP contribution in [-0.2, 0) is 4.74 Å². The molecular formula is C20H14FN3O2S. The SMILES string of the molecule is C=C(C)OC(=O)c1cc2c(ccc3cnc(Nc4cccc(F)c4)nc32)s1. The summed E-state index contributed by atoms with van der Waals surface area (Å²) in [5.41, 5.74) is 1.25. The van der Waals surface area contributed by atoms with Gasteiger partial charge in [-0.1, -0.05) is 12.6 Å². The number of allylic oxidation sites excluding steroid dienone is 1. The van der Waals surface area contributed by atoms with Gasteiger partial charge >= 0.3 is 5.97 Å². The van der Waals surface area contributed by atoms with Gasteiger partial charge in [-0.05, 0) is 43.3 Å². The molecular weight excluding hydrogens is 365 g/mol. The van der Waals surface area contributed by atoms with Crippen molar-refractivity contribution < 1.29 is 13.9 Å². The van der Waals surface area contributed by atoms with Gasteiger partial charge in [0.25, 0.3) is 0 Å². The van der Waals surface area contributed by atoms with Gasteiger partial charge in [0, 0.05) is 27.4 Å². The van der Waals surface area contributed by atoms with E-state index >= 15 is 0 Å². The molecule has 0 radical (unpaired) electrons. The number of esters is 1. The van der Waals surface area contributed by atoms with Crippen LogP contribution in [-0.4, -0.2) is 15.9 Å². The molecule has 4 rings (SSSR count). The van der Waals surface area contributed by atoms with Crippen LogP contribution in [0.25, 0.3) is 21.0 Å². The number of carbonyl (C=O) groups is 1. The molecule has 0 amide bonds. The number of anilines is 2. The minimum absolute atomic E-state index is 0.339. The lowest BCUT2D eigenvalue weighted by atomic mass is 10.2. The van der Waals surface area contributed by atoms with Crippen LogP contribution in [0, 0.1) is 5.82 Å². The molecule has 2 heterocycles. The molecule has 0 unspecified atom stereocenters. The van der Waals surface area contributed by atoms with E-state index in [0.717, 1.165) is 15.5 Å². The summed E-state index contributed by atoms with van der Waals surface area (Å²) in [7, 11) is 0. The zero-order valence-corrected chi connectivity index (χ0v) is 15.1. The number of hydrogen-bond acceptors (Lipinski definition) is 6. The molecule has 0 saturated heterocycles. The fourth-order valence-corrected chi connectivity index (χ4v) is 3.61. The summed E-state index contributed by atoms with van der Waals surface area (Å²) in [5, 5.41) is 4.66. The molecule has 27 heavy (non-hydrogen) atoms. The molecule has 2 aromatic carbocycles. The highest BCUT2D eigenvalue weighted by molar-refractivity contribution is 7.20. The third-order valence-electron chi connectivity index (χ3n) is 3.80. The Morgan fingerprint density at radius 1 is 1.26 bits per heavy atom. The molecule has 0 saturated carbocycles. The minimum Gasteiger partial charge on any atom is -0.428 e. The third kappa shape index (κ3) is 3.50. The lowest BCUT2D eigenvalue weighted by Gasteiger charge is -2.06. The Bertz CT molecular complexity index is 1200. The van der Waals surface area contributed by atoms with E-state index in [2.05, 4.69) is 21.9 Å². The molecule has 0 spiro atoms. The number of hydrogen-bond donors (Lipinski definition) is 1. The second kappa shape index (κ2) is 6.77. The maximum Gasteiger partial charge on any atom is 0.353 e. The average molecular weight is 379 g/mol. The first-order chi connectivity index (χ1) is 13.0. The maximum absolute atomic E-state index is 13.4. The third-order valence-corrected chi connectivity index (χ3v) is 4.88. The first-order valence-corrected chi connectivity index (χ1v) is 8.91. The number of carbonyl (C=O) groups excluding carboxylic acids is 1. The lowest BCUT2D eigenvalue weighted by molar-refractivity contribution is 0.0633. The molecule has 0 aliphatic rings. The second-order valence-electron chi connectivity index (χ2n) is 5.95. The molecule has 5 nitrogen and oxygen atoms in total. The zero-order valence-electron chi connectivity index (χ0n) is 14.3. The van der Waals surface area contributed by atoms with Crippen molar-refractivity contribution in [1.29, 1.82) is 0 Å². The molecule has 0 atom stereocenters. The topological polar surface area (TPSA) is 64.1 Å². The monoisotopic (exact) mass is 379 g/mol. The van der Waals surface area contributed by atoms with Crippen molar-refractivity contribution in [3.05, 3.63) is 71.7 Å². The molecule has 134 valence electrons. The van der Waals surface area contributed by atoms with Gasteiger partial charge in [-0.15, -0.1) is 11.3 Å². The summed E-state index contributed by atoms with van der Waals surface area (Å²) in [4.78, 5) is 21.4. The number of benzene rings is 2. The fourth-order valence-electron chi connectivity index (χ4n) is 2.67. The van der Waals surface area contributed by atoms with Crippen molar-refractivity contribution in [1.82, 2.24) is 9.97 Å². The van der Waals surface area contributed by atoms with E-state index in [1.807, 2.05) is 12.1 Å². The normalized spacial score (nSPS) is 10.9. The van der Waals surface area contributed by atoms with E-state index < -0.39 is 5.97 Å². The number of nitrogens with one attached hydrogen (secondary N) is 1. The largest absolute Gasteiger partial charge is 0.428 e. The summed E-state index contributed by atoms with van der Waals surface area (Å²) >= 11 is 1.33. The average Bonchev–Trinajstić information content (AvgIpc) is 3.06. The first-order valence-electron chi connectivity index (χ1n) is 8.09. The summed E-state index contributed by atoms with van der Waals surface area (Å²) in [6, 6.07) is 11.6. The molecule has 7 heteroatoms. The summed E-state index contributed by atoms with van der Waals surface area (Å²) < 4.78 is 19.4. The Morgan fingerprint density at radius 3 is 2.89 bits per heavy atom. The predicted molar refractivity (Wildman–Crippen MR) is 105 cm³/mol. The number of halogens is 1. The van der Waals surface area contributed by atoms with Crippen LogP contribution in [0.15, 0.2) is 61.0 Å². The van der Waals surface area contributed by atoms with Crippen LogP contribution in [0.4, 0.5) is 16.0 Å². The Hall–Kier alpha value is -3.32. The van der Waals surface area contributed by atoms with E-state index in [9.17, 15) is 9.18 Å². The van der Waals surface area contributed by atoms with Crippen LogP contribution in [0.5, 0.6) is 0 Å². The van der Waals surface area contributed by atoms with E-state index in [4.69, 9.17) is 4.74 Å². The minimum atomic E-state index is -0.441. The van der Waals surface area contributed by atoms with Gasteiger partial charge in [0.05, 0.1) is 11.3 Å². The highest BCUT2D eigenvalue weighted by Crippen LogP contribution is 2.32. The standard InChI is InChI=1S/C20H14FN3O2S/c1-11(2)26-19(25)17-9-15-16(27-17)7-6-12-10-22-20(24-18(12)15)23-14-5-3-4-13(21)8-14/h3-10H,1H2,2H3,(H,22,23,24). The van der Waals surface area contributed by atoms with Gasteiger partial charge in [-0.3, -0.25) is 0 Å². The second-order valence-corrected chi connectivity index (χ2v) is 7.03. The van der Waals surface area contributed by atoms with Crippen LogP contribution in [0.2, 0.25) is 0 Å². The van der Waals surface area contributed by atoms with Crippen molar-refractivity contribution >= 4 is 49.9 Å². The smallest absolute Gasteiger partial charge is 0.353 e. The Balaban J connectivity index is 1.76. The van der Waals surface area contributed by atoms with Gasteiger partial charge in [0.1, 0.15) is 10.7 Å². The zero-order chi connectivity index (χ0) is 19.0. The number of nitrogens with zero attached hydrogens (tertiary/aromatic N) is 2.